The van der Waals surface area contributed by atoms with E-state index >= 15 is 0 Å². The molecule has 0 amide bonds. The second-order valence-electron chi connectivity index (χ2n) is 1.86. The summed E-state index contributed by atoms with van der Waals surface area (Å²) in [7, 11) is 0. The van der Waals surface area contributed by atoms with Crippen LogP contribution in [0.4, 0.5) is 0 Å². The highest BCUT2D eigenvalue weighted by Crippen LogP contribution is 1.94. The Labute approximate surface area is 61.2 Å². The molecule has 0 rings (SSSR count). The Morgan fingerprint density at radius 3 is 2.60 bits per heavy atom. The van der Waals surface area contributed by atoms with Crippen LogP contribution in [0.1, 0.15) is 20.3 Å². The van der Waals surface area contributed by atoms with Gasteiger partial charge in [-0.2, -0.15) is 0 Å². The van der Waals surface area contributed by atoms with E-state index in [0.717, 1.165) is 12.0 Å². The van der Waals surface area contributed by atoms with E-state index in [1.54, 1.807) is 6.21 Å². The predicted molar refractivity (Wildman–Crippen MR) is 44.5 cm³/mol. The van der Waals surface area contributed by atoms with Crippen LogP contribution in [0.3, 0.4) is 0 Å². The van der Waals surface area contributed by atoms with Gasteiger partial charge >= 0.3 is 0 Å². The molecule has 10 heavy (non-hydrogen) atoms. The number of hydrogen-bond donors (Lipinski definition) is 2. The van der Waals surface area contributed by atoms with Gasteiger partial charge in [0.05, 0.1) is 0 Å². The van der Waals surface area contributed by atoms with Gasteiger partial charge in [-0.15, -0.1) is 0 Å². The summed E-state index contributed by atoms with van der Waals surface area (Å²) < 4.78 is 0. The predicted octanol–water partition coefficient (Wildman–Crippen LogP) is 1.31. The van der Waals surface area contributed by atoms with Gasteiger partial charge in [-0.1, -0.05) is 13.0 Å². The SMILES string of the molecule is C/C=C(\C=N/C(=N)N)CC. The van der Waals surface area contributed by atoms with Gasteiger partial charge in [-0.25, -0.2) is 4.99 Å². The van der Waals surface area contributed by atoms with E-state index in [0.29, 0.717) is 0 Å². The second-order valence-corrected chi connectivity index (χ2v) is 1.86. The van der Waals surface area contributed by atoms with Crippen LogP contribution < -0.4 is 5.73 Å². The third-order valence-electron chi connectivity index (χ3n) is 1.15. The summed E-state index contributed by atoms with van der Waals surface area (Å²) in [5.74, 6) is -0.146. The largest absolute Gasteiger partial charge is 0.368 e. The van der Waals surface area contributed by atoms with Crippen LogP contribution in [0, 0.1) is 5.41 Å². The van der Waals surface area contributed by atoms with E-state index in [2.05, 4.69) is 4.99 Å². The molecule has 3 nitrogen and oxygen atoms in total. The topological polar surface area (TPSA) is 62.2 Å². The lowest BCUT2D eigenvalue weighted by Crippen LogP contribution is -2.05. The molecule has 56 valence electrons. The molecule has 0 spiro atoms. The summed E-state index contributed by atoms with van der Waals surface area (Å²) >= 11 is 0. The molecule has 0 atom stereocenters. The molecule has 0 aromatic heterocycles. The summed E-state index contributed by atoms with van der Waals surface area (Å²) in [6.45, 7) is 3.96. The molecule has 0 unspecified atom stereocenters. The van der Waals surface area contributed by atoms with Crippen LogP contribution in [0.25, 0.3) is 0 Å². The Balaban J connectivity index is 3.98. The second kappa shape index (κ2) is 4.73. The number of rotatable bonds is 2. The van der Waals surface area contributed by atoms with E-state index in [9.17, 15) is 0 Å². The van der Waals surface area contributed by atoms with Crippen LogP contribution in [0.5, 0.6) is 0 Å². The van der Waals surface area contributed by atoms with E-state index < -0.39 is 0 Å². The van der Waals surface area contributed by atoms with Crippen LogP contribution in [0.2, 0.25) is 0 Å². The first-order valence-electron chi connectivity index (χ1n) is 3.24. The summed E-state index contributed by atoms with van der Waals surface area (Å²) in [6, 6.07) is 0. The Bertz CT molecular complexity index is 168. The monoisotopic (exact) mass is 139 g/mol. The van der Waals surface area contributed by atoms with Crippen LogP contribution in [-0.2, 0) is 0 Å². The zero-order chi connectivity index (χ0) is 7.98. The van der Waals surface area contributed by atoms with Crippen molar-refractivity contribution >= 4 is 12.2 Å². The van der Waals surface area contributed by atoms with E-state index in [1.807, 2.05) is 19.9 Å². The minimum absolute atomic E-state index is 0.146. The highest BCUT2D eigenvalue weighted by atomic mass is 15.0. The molecule has 0 aliphatic heterocycles. The maximum absolute atomic E-state index is 6.79. The van der Waals surface area contributed by atoms with Gasteiger partial charge in [0.25, 0.3) is 0 Å². The summed E-state index contributed by atoms with van der Waals surface area (Å²) in [6.07, 6.45) is 4.49. The van der Waals surface area contributed by atoms with Crippen molar-refractivity contribution in [1.82, 2.24) is 0 Å². The van der Waals surface area contributed by atoms with Crippen molar-refractivity contribution in [2.45, 2.75) is 20.3 Å². The first kappa shape index (κ1) is 8.88. The molecule has 3 heteroatoms. The number of nitrogens with two attached hydrogens (primary N) is 1. The molecule has 0 aliphatic rings. The minimum Gasteiger partial charge on any atom is -0.368 e. The van der Waals surface area contributed by atoms with Crippen molar-refractivity contribution in [3.63, 3.8) is 0 Å². The normalized spacial score (nSPS) is 12.4. The average Bonchev–Trinajstić information content (AvgIpc) is 1.90. The zero-order valence-corrected chi connectivity index (χ0v) is 6.39. The molecule has 0 bridgehead atoms. The molecule has 3 N–H and O–H groups in total. The lowest BCUT2D eigenvalue weighted by Gasteiger charge is -1.91. The van der Waals surface area contributed by atoms with Gasteiger partial charge in [0.15, 0.2) is 0 Å². The zero-order valence-electron chi connectivity index (χ0n) is 6.39. The Morgan fingerprint density at radius 2 is 2.30 bits per heavy atom. The van der Waals surface area contributed by atoms with Crippen molar-refractivity contribution in [2.24, 2.45) is 10.7 Å². The fourth-order valence-corrected chi connectivity index (χ4v) is 0.522. The van der Waals surface area contributed by atoms with E-state index in [1.165, 1.54) is 0 Å². The number of allylic oxidation sites excluding steroid dienone is 2. The molecular weight excluding hydrogens is 126 g/mol. The molecular formula is C7H13N3. The summed E-state index contributed by atoms with van der Waals surface area (Å²) in [5, 5.41) is 6.79. The molecule has 0 aliphatic carbocycles. The van der Waals surface area contributed by atoms with Crippen molar-refractivity contribution in [3.05, 3.63) is 11.6 Å². The number of guanidine groups is 1. The number of aliphatic imine (C=N–C) groups is 1. The standard InChI is InChI=1S/C7H13N3/c1-3-6(4-2)5-10-7(8)9/h3,5H,4H2,1-2H3,(H3,8,9)/b6-3-,10-5-. The highest BCUT2D eigenvalue weighted by Gasteiger charge is 1.84. The van der Waals surface area contributed by atoms with Gasteiger partial charge in [0.2, 0.25) is 5.96 Å². The molecule has 0 radical (unpaired) electrons. The molecule has 0 aromatic carbocycles. The molecule has 0 saturated carbocycles. The maximum Gasteiger partial charge on any atom is 0.212 e. The van der Waals surface area contributed by atoms with Gasteiger partial charge in [0.1, 0.15) is 0 Å². The van der Waals surface area contributed by atoms with Gasteiger partial charge in [-0.05, 0) is 18.9 Å². The van der Waals surface area contributed by atoms with Gasteiger partial charge in [0, 0.05) is 6.21 Å². The van der Waals surface area contributed by atoms with Gasteiger partial charge < -0.3 is 5.73 Å². The third-order valence-corrected chi connectivity index (χ3v) is 1.15. The summed E-state index contributed by atoms with van der Waals surface area (Å²) in [5.41, 5.74) is 6.10. The molecule has 0 aromatic rings. The lowest BCUT2D eigenvalue weighted by atomic mass is 10.2. The van der Waals surface area contributed by atoms with E-state index in [-0.39, 0.29) is 5.96 Å². The average molecular weight is 139 g/mol. The maximum atomic E-state index is 6.79. The molecule has 0 saturated heterocycles. The van der Waals surface area contributed by atoms with Crippen molar-refractivity contribution in [2.75, 3.05) is 0 Å². The number of nitrogens with one attached hydrogen (secondary N) is 1. The first-order valence-corrected chi connectivity index (χ1v) is 3.24. The third kappa shape index (κ3) is 3.83. The first-order chi connectivity index (χ1) is 4.70. The Kier molecular flexibility index (Phi) is 4.20. The van der Waals surface area contributed by atoms with E-state index in [4.69, 9.17) is 11.1 Å². The molecule has 0 heterocycles. The van der Waals surface area contributed by atoms with Crippen molar-refractivity contribution in [3.8, 4) is 0 Å². The lowest BCUT2D eigenvalue weighted by molar-refractivity contribution is 1.17. The fourth-order valence-electron chi connectivity index (χ4n) is 0.522. The number of nitrogens with zero attached hydrogens (tertiary/aromatic N) is 1. The van der Waals surface area contributed by atoms with Crippen molar-refractivity contribution in [1.29, 1.82) is 5.41 Å². The van der Waals surface area contributed by atoms with Crippen molar-refractivity contribution < 1.29 is 0 Å². The highest BCUT2D eigenvalue weighted by molar-refractivity contribution is 5.90. The van der Waals surface area contributed by atoms with Crippen LogP contribution in [-0.4, -0.2) is 12.2 Å². The van der Waals surface area contributed by atoms with Crippen LogP contribution in [0.15, 0.2) is 16.6 Å². The fraction of sp³-hybridized carbons (Fsp3) is 0.429. The van der Waals surface area contributed by atoms with Gasteiger partial charge in [-0.3, -0.25) is 5.41 Å². The minimum atomic E-state index is -0.146. The smallest absolute Gasteiger partial charge is 0.212 e. The number of hydrogen-bond acceptors (Lipinski definition) is 1. The van der Waals surface area contributed by atoms with Crippen LogP contribution >= 0.6 is 0 Å². The summed E-state index contributed by atoms with van der Waals surface area (Å²) in [4.78, 5) is 3.63. The Morgan fingerprint density at radius 1 is 1.70 bits per heavy atom. The quantitative estimate of drug-likeness (QED) is 0.439. The molecule has 0 fully saturated rings. The Hall–Kier alpha value is -1.12.